The molecule has 166 valence electrons. The van der Waals surface area contributed by atoms with Crippen LogP contribution in [0.1, 0.15) is 12.8 Å². The van der Waals surface area contributed by atoms with Gasteiger partial charge in [0.1, 0.15) is 30.9 Å². The van der Waals surface area contributed by atoms with Crippen molar-refractivity contribution < 1.29 is 23.4 Å². The lowest BCUT2D eigenvalue weighted by atomic mass is 10.0. The lowest BCUT2D eigenvalue weighted by Crippen LogP contribution is -2.55. The monoisotopic (exact) mass is 421 g/mol. The molecule has 7 nitrogen and oxygen atoms in total. The summed E-state index contributed by atoms with van der Waals surface area (Å²) in [6.07, 6.45) is 1.84. The van der Waals surface area contributed by atoms with Crippen molar-refractivity contribution in [1.82, 2.24) is 14.7 Å². The van der Waals surface area contributed by atoms with Gasteiger partial charge in [0.15, 0.2) is 0 Å². The molecule has 0 N–H and O–H groups in total. The van der Waals surface area contributed by atoms with Gasteiger partial charge in [-0.2, -0.15) is 0 Å². The summed E-state index contributed by atoms with van der Waals surface area (Å²) in [6.45, 7) is 8.97. The van der Waals surface area contributed by atoms with Crippen molar-refractivity contribution in [2.24, 2.45) is 0 Å². The minimum Gasteiger partial charge on any atom is -0.491 e. The second-order valence-electron chi connectivity index (χ2n) is 8.27. The third-order valence-electron chi connectivity index (χ3n) is 6.25. The molecule has 3 aliphatic rings. The number of amides is 1. The molecule has 3 saturated heterocycles. The van der Waals surface area contributed by atoms with Crippen LogP contribution in [-0.4, -0.2) is 105 Å². The predicted octanol–water partition coefficient (Wildman–Crippen LogP) is 1.23. The summed E-state index contributed by atoms with van der Waals surface area (Å²) in [5.41, 5.74) is 0. The average molecular weight is 422 g/mol. The summed E-state index contributed by atoms with van der Waals surface area (Å²) in [5.74, 6) is 0.390. The zero-order valence-corrected chi connectivity index (χ0v) is 17.5. The Morgan fingerprint density at radius 2 is 1.67 bits per heavy atom. The van der Waals surface area contributed by atoms with Gasteiger partial charge in [0.25, 0.3) is 0 Å². The van der Waals surface area contributed by atoms with E-state index in [-0.39, 0.29) is 30.5 Å². The van der Waals surface area contributed by atoms with Crippen LogP contribution >= 0.6 is 0 Å². The number of carbonyl (C=O) groups excluding carboxylic acids is 1. The van der Waals surface area contributed by atoms with Gasteiger partial charge in [-0.15, -0.1) is 0 Å². The molecule has 0 aromatic heterocycles. The molecule has 0 saturated carbocycles. The number of nitrogens with zero attached hydrogens (tertiary/aromatic N) is 3. The summed E-state index contributed by atoms with van der Waals surface area (Å²) < 4.78 is 29.8. The number of ether oxygens (including phenoxy) is 3. The van der Waals surface area contributed by atoms with Gasteiger partial charge >= 0.3 is 0 Å². The molecular formula is C22H32FN3O4. The Morgan fingerprint density at radius 1 is 1.00 bits per heavy atom. The van der Waals surface area contributed by atoms with E-state index in [2.05, 4.69) is 9.80 Å². The van der Waals surface area contributed by atoms with Crippen LogP contribution < -0.4 is 4.74 Å². The molecule has 30 heavy (non-hydrogen) atoms. The minimum atomic E-state index is -0.288. The van der Waals surface area contributed by atoms with E-state index in [9.17, 15) is 9.18 Å². The van der Waals surface area contributed by atoms with E-state index in [4.69, 9.17) is 14.2 Å². The third-order valence-corrected chi connectivity index (χ3v) is 6.25. The molecular weight excluding hydrogens is 389 g/mol. The van der Waals surface area contributed by atoms with Gasteiger partial charge in [0.2, 0.25) is 5.91 Å². The van der Waals surface area contributed by atoms with E-state index >= 15 is 0 Å². The zero-order chi connectivity index (χ0) is 20.8. The van der Waals surface area contributed by atoms with Gasteiger partial charge < -0.3 is 24.0 Å². The second-order valence-corrected chi connectivity index (χ2v) is 8.27. The summed E-state index contributed by atoms with van der Waals surface area (Å²) >= 11 is 0. The molecule has 3 heterocycles. The molecule has 3 aliphatic heterocycles. The van der Waals surface area contributed by atoms with Crippen LogP contribution in [0.25, 0.3) is 0 Å². The summed E-state index contributed by atoms with van der Waals surface area (Å²) in [7, 11) is 0. The Hall–Kier alpha value is -1.74. The molecule has 1 aromatic rings. The highest BCUT2D eigenvalue weighted by atomic mass is 19.1. The van der Waals surface area contributed by atoms with Crippen LogP contribution in [0, 0.1) is 5.82 Å². The van der Waals surface area contributed by atoms with Crippen molar-refractivity contribution in [1.29, 1.82) is 0 Å². The van der Waals surface area contributed by atoms with Crippen LogP contribution in [0.4, 0.5) is 4.39 Å². The molecule has 1 amide bonds. The lowest BCUT2D eigenvalue weighted by Gasteiger charge is -2.42. The first-order valence-corrected chi connectivity index (χ1v) is 11.0. The van der Waals surface area contributed by atoms with Crippen LogP contribution in [-0.2, 0) is 14.3 Å². The maximum absolute atomic E-state index is 13.0. The van der Waals surface area contributed by atoms with Gasteiger partial charge in [-0.05, 0) is 37.1 Å². The Morgan fingerprint density at radius 3 is 2.37 bits per heavy atom. The highest BCUT2D eigenvalue weighted by molar-refractivity contribution is 5.78. The number of morpholine rings is 2. The smallest absolute Gasteiger partial charge is 0.248 e. The fourth-order valence-corrected chi connectivity index (χ4v) is 4.38. The summed E-state index contributed by atoms with van der Waals surface area (Å²) in [4.78, 5) is 19.4. The molecule has 0 spiro atoms. The first-order chi connectivity index (χ1) is 14.7. The number of halogens is 1. The number of hydrogen-bond acceptors (Lipinski definition) is 6. The fraction of sp³-hybridized carbons (Fsp3) is 0.682. The molecule has 1 atom stereocenters. The van der Waals surface area contributed by atoms with Crippen LogP contribution in [0.5, 0.6) is 5.75 Å². The van der Waals surface area contributed by atoms with Crippen molar-refractivity contribution in [2.75, 3.05) is 72.2 Å². The van der Waals surface area contributed by atoms with Gasteiger partial charge in [0.05, 0.1) is 19.8 Å². The molecule has 8 heteroatoms. The average Bonchev–Trinajstić information content (AvgIpc) is 2.79. The normalized spacial score (nSPS) is 24.9. The van der Waals surface area contributed by atoms with E-state index in [1.807, 2.05) is 4.90 Å². The molecule has 0 unspecified atom stereocenters. The zero-order valence-electron chi connectivity index (χ0n) is 17.5. The van der Waals surface area contributed by atoms with Gasteiger partial charge in [0, 0.05) is 45.3 Å². The van der Waals surface area contributed by atoms with E-state index in [1.54, 1.807) is 12.1 Å². The Balaban J connectivity index is 1.20. The van der Waals surface area contributed by atoms with E-state index in [0.29, 0.717) is 18.9 Å². The molecule has 1 aromatic carbocycles. The van der Waals surface area contributed by atoms with Crippen LogP contribution in [0.15, 0.2) is 24.3 Å². The SMILES string of the molecule is O=C1CO[C@@H](COc2ccc(F)cc2)CN1C1CCN(CCN2CCOCC2)CC1. The molecule has 4 rings (SSSR count). The first-order valence-electron chi connectivity index (χ1n) is 11.0. The number of hydrogen-bond donors (Lipinski definition) is 0. The highest BCUT2D eigenvalue weighted by Crippen LogP contribution is 2.21. The summed E-state index contributed by atoms with van der Waals surface area (Å²) in [5, 5.41) is 0. The number of likely N-dealkylation sites (tertiary alicyclic amines) is 1. The Kier molecular flexibility index (Phi) is 7.54. The van der Waals surface area contributed by atoms with Crippen molar-refractivity contribution in [3.63, 3.8) is 0 Å². The van der Waals surface area contributed by atoms with Crippen molar-refractivity contribution >= 4 is 5.91 Å². The van der Waals surface area contributed by atoms with E-state index in [1.165, 1.54) is 12.1 Å². The highest BCUT2D eigenvalue weighted by Gasteiger charge is 2.33. The van der Waals surface area contributed by atoms with E-state index < -0.39 is 0 Å². The maximum atomic E-state index is 13.0. The standard InChI is InChI=1S/C22H32FN3O4/c23-18-1-3-20(4-2-18)29-16-21-15-26(22(27)17-30-21)19-5-7-24(8-6-19)9-10-25-11-13-28-14-12-25/h1-4,19,21H,5-17H2/t21-/m1/s1. The third kappa shape index (κ3) is 5.91. The van der Waals surface area contributed by atoms with Crippen LogP contribution in [0.3, 0.4) is 0 Å². The van der Waals surface area contributed by atoms with Gasteiger partial charge in [-0.25, -0.2) is 4.39 Å². The number of benzene rings is 1. The largest absolute Gasteiger partial charge is 0.491 e. The van der Waals surface area contributed by atoms with Gasteiger partial charge in [-0.3, -0.25) is 9.69 Å². The number of piperidine rings is 1. The van der Waals surface area contributed by atoms with E-state index in [0.717, 1.165) is 65.3 Å². The predicted molar refractivity (Wildman–Crippen MR) is 110 cm³/mol. The second kappa shape index (κ2) is 10.5. The lowest BCUT2D eigenvalue weighted by molar-refractivity contribution is -0.155. The maximum Gasteiger partial charge on any atom is 0.248 e. The topological polar surface area (TPSA) is 54.5 Å². The Bertz CT molecular complexity index is 675. The molecule has 0 aliphatic carbocycles. The van der Waals surface area contributed by atoms with Crippen molar-refractivity contribution in [3.05, 3.63) is 30.1 Å². The van der Waals surface area contributed by atoms with Gasteiger partial charge in [-0.1, -0.05) is 0 Å². The quantitative estimate of drug-likeness (QED) is 0.660. The Labute approximate surface area is 177 Å². The minimum absolute atomic E-state index is 0.0693. The van der Waals surface area contributed by atoms with Crippen molar-refractivity contribution in [3.8, 4) is 5.75 Å². The summed E-state index contributed by atoms with van der Waals surface area (Å²) in [6, 6.07) is 6.23. The molecule has 0 radical (unpaired) electrons. The molecule has 3 fully saturated rings. The number of carbonyl (C=O) groups is 1. The van der Waals surface area contributed by atoms with Crippen molar-refractivity contribution in [2.45, 2.75) is 25.0 Å². The first kappa shape index (κ1) is 21.5. The fourth-order valence-electron chi connectivity index (χ4n) is 4.38. The van der Waals surface area contributed by atoms with Crippen LogP contribution in [0.2, 0.25) is 0 Å². The molecule has 0 bridgehead atoms. The number of rotatable bonds is 7.